The van der Waals surface area contributed by atoms with Crippen molar-refractivity contribution in [1.82, 2.24) is 76.0 Å². The van der Waals surface area contributed by atoms with Crippen LogP contribution in [0.5, 0.6) is 0 Å². The fourth-order valence-electron chi connectivity index (χ4n) is 10.6. The number of amides is 7. The minimum absolute atomic E-state index is 0.0466. The van der Waals surface area contributed by atoms with Crippen molar-refractivity contribution in [2.45, 2.75) is 83.2 Å². The van der Waals surface area contributed by atoms with Crippen molar-refractivity contribution >= 4 is 78.3 Å². The summed E-state index contributed by atoms with van der Waals surface area (Å²) in [5.74, 6) is -11.8. The topological polar surface area (TPSA) is 488 Å². The van der Waals surface area contributed by atoms with E-state index in [2.05, 4.69) is 31.9 Å². The second-order valence-corrected chi connectivity index (χ2v) is 23.3. The van der Waals surface area contributed by atoms with E-state index in [0.717, 1.165) is 0 Å². The summed E-state index contributed by atoms with van der Waals surface area (Å²) in [4.78, 5) is 167. The number of carboxylic acids is 5. The van der Waals surface area contributed by atoms with Crippen LogP contribution >= 0.6 is 0 Å². The lowest BCUT2D eigenvalue weighted by atomic mass is 9.78. The van der Waals surface area contributed by atoms with Gasteiger partial charge in [-0.3, -0.25) is 96.7 Å². The molecule has 36 nitrogen and oxygen atoms in total. The van der Waals surface area contributed by atoms with Gasteiger partial charge in [0.1, 0.15) is 18.1 Å². The maximum Gasteiger partial charge on any atom is 0.475 e. The predicted molar refractivity (Wildman–Crippen MR) is 322 cm³/mol. The van der Waals surface area contributed by atoms with Crippen LogP contribution < -0.4 is 31.9 Å². The Bertz CT molecular complexity index is 2340. The van der Waals surface area contributed by atoms with Gasteiger partial charge >= 0.3 is 37.0 Å². The standard InChI is InChI=1S/C54H96BN15O21/c1-37(2)51(53(88)59-38(3)54(89)70-10-6-8-40(70)55(90)91)61-42(72)28-57-41(71)27-58-52(87)39(60-44(74)30-63-13-17-66(33-47(79)80)21-25-69(36-50(85)86)26-22-67(18-14-63)34-48(81)82)7-4-5-9-56-43(73)29-62-11-15-64(31-45(75)76)19-23-68(35-49(83)84)24-20-65(16-12-62)32-46(77)78/h37-40,50-51,85-86,90-91H,4-36H2,1-3H3,(H,56,73)(H,57,71)(H,58,87)(H,59,88)(H,60,74)(H,61,72)(H,75,76)(H,77,78)(H,79,80)(H,81,82)(H,83,84)/t38-,39?,40+,51+/m1/s1. The molecule has 516 valence electrons. The van der Waals surface area contributed by atoms with Gasteiger partial charge in [-0.1, -0.05) is 13.8 Å². The third-order valence-electron chi connectivity index (χ3n) is 15.5. The number of carboxylic acid groups (broad SMARTS) is 5. The first-order chi connectivity index (χ1) is 43.0. The molecule has 0 bridgehead atoms. The van der Waals surface area contributed by atoms with Gasteiger partial charge < -0.3 is 82.6 Å². The van der Waals surface area contributed by atoms with Crippen molar-refractivity contribution in [3.8, 4) is 0 Å². The van der Waals surface area contributed by atoms with Gasteiger partial charge in [-0.05, 0) is 44.9 Å². The minimum Gasteiger partial charge on any atom is -0.480 e. The summed E-state index contributed by atoms with van der Waals surface area (Å²) in [7, 11) is -1.77. The van der Waals surface area contributed by atoms with Gasteiger partial charge in [0, 0.05) is 124 Å². The number of aliphatic hydroxyl groups excluding tert-OH is 1. The molecule has 37 heteroatoms. The lowest BCUT2D eigenvalue weighted by Gasteiger charge is -2.33. The number of rotatable bonds is 33. The third-order valence-corrected chi connectivity index (χ3v) is 15.5. The van der Waals surface area contributed by atoms with Gasteiger partial charge in [0.2, 0.25) is 41.4 Å². The summed E-state index contributed by atoms with van der Waals surface area (Å²) in [6.07, 6.45) is -0.411. The molecular weight excluding hydrogens is 1210 g/mol. The highest BCUT2D eigenvalue weighted by Crippen LogP contribution is 2.19. The van der Waals surface area contributed by atoms with Crippen molar-refractivity contribution in [2.24, 2.45) is 5.92 Å². The molecule has 91 heavy (non-hydrogen) atoms. The van der Waals surface area contributed by atoms with Crippen LogP contribution in [0.1, 0.15) is 52.9 Å². The van der Waals surface area contributed by atoms with Gasteiger partial charge in [0.25, 0.3) is 0 Å². The molecule has 7 amide bonds. The van der Waals surface area contributed by atoms with Crippen LogP contribution in [0.25, 0.3) is 0 Å². The molecule has 0 aromatic rings. The first-order valence-electron chi connectivity index (χ1n) is 30.6. The van der Waals surface area contributed by atoms with Crippen LogP contribution in [-0.4, -0.2) is 382 Å². The van der Waals surface area contributed by atoms with Crippen LogP contribution in [0.3, 0.4) is 0 Å². The van der Waals surface area contributed by atoms with Gasteiger partial charge in [-0.25, -0.2) is 0 Å². The number of carbonyl (C=O) groups excluding carboxylic acids is 7. The Kier molecular flexibility index (Phi) is 35.9. The predicted octanol–water partition coefficient (Wildman–Crippen LogP) is -9.18. The molecule has 0 aliphatic carbocycles. The number of unbranched alkanes of at least 4 members (excludes halogenated alkanes) is 1. The Morgan fingerprint density at radius 2 is 0.835 bits per heavy atom. The van der Waals surface area contributed by atoms with Crippen molar-refractivity contribution in [2.75, 3.05) is 183 Å². The molecular formula is C54H96BN15O21. The average Bonchev–Trinajstić information content (AvgIpc) is 1.83. The van der Waals surface area contributed by atoms with Crippen LogP contribution in [0, 0.1) is 5.92 Å². The summed E-state index contributed by atoms with van der Waals surface area (Å²) in [6.45, 7) is 3.74. The van der Waals surface area contributed by atoms with E-state index in [-0.39, 0.29) is 176 Å². The van der Waals surface area contributed by atoms with Crippen LogP contribution in [-0.2, 0) is 57.5 Å². The highest BCUT2D eigenvalue weighted by Gasteiger charge is 2.39. The van der Waals surface area contributed by atoms with Crippen molar-refractivity contribution in [3.63, 3.8) is 0 Å². The SMILES string of the molecule is CC(C)[C@H](NC(=O)CNC(=O)CNC(=O)C(CCCCNC(=O)CN1CCN(CC(=O)O)CCN(CC(=O)O)CCN(CC(=O)O)CC1)NC(=O)CN1CCN(CC(=O)O)CCN(CC(O)O)CCN(CC(=O)O)CC1)C(=O)N[C@H](C)C(=O)N1CCC[C@H]1B(O)O. The zero-order valence-corrected chi connectivity index (χ0v) is 52.3. The number of carbonyl (C=O) groups is 12. The summed E-state index contributed by atoms with van der Waals surface area (Å²) >= 11 is 0. The van der Waals surface area contributed by atoms with E-state index >= 15 is 0 Å². The van der Waals surface area contributed by atoms with Gasteiger partial charge in [0.05, 0.1) is 64.8 Å². The molecule has 3 heterocycles. The van der Waals surface area contributed by atoms with Crippen LogP contribution in [0.2, 0.25) is 0 Å². The van der Waals surface area contributed by atoms with Crippen molar-refractivity contribution < 1.29 is 103 Å². The summed E-state index contributed by atoms with van der Waals surface area (Å²) in [5, 5.41) is 102. The molecule has 4 atom stereocenters. The second kappa shape index (κ2) is 41.7. The fourth-order valence-corrected chi connectivity index (χ4v) is 10.6. The molecule has 3 saturated heterocycles. The summed E-state index contributed by atoms with van der Waals surface area (Å²) in [5.41, 5.74) is 0. The van der Waals surface area contributed by atoms with Crippen LogP contribution in [0.15, 0.2) is 0 Å². The summed E-state index contributed by atoms with van der Waals surface area (Å²) < 4.78 is 0. The molecule has 0 aromatic carbocycles. The number of aliphatic carboxylic acids is 5. The van der Waals surface area contributed by atoms with E-state index in [1.54, 1.807) is 53.0 Å². The maximum absolute atomic E-state index is 14.0. The number of hydrogen-bond donors (Lipinski definition) is 15. The van der Waals surface area contributed by atoms with E-state index in [4.69, 9.17) is 0 Å². The molecule has 0 spiro atoms. The van der Waals surface area contributed by atoms with Gasteiger partial charge in [-0.2, -0.15) is 0 Å². The molecule has 0 aromatic heterocycles. The Balaban J connectivity index is 1.74. The number of nitrogens with zero attached hydrogens (tertiary/aromatic N) is 9. The monoisotopic (exact) mass is 1300 g/mol. The average molecular weight is 1300 g/mol. The number of β-amino-alcohol motifs (C(OH)–C–C–N with tert-alkyl or cyclic N) is 2. The second-order valence-electron chi connectivity index (χ2n) is 23.3. The molecule has 3 fully saturated rings. The molecule has 3 rings (SSSR count). The Morgan fingerprint density at radius 3 is 1.23 bits per heavy atom. The molecule has 15 N–H and O–H groups in total. The van der Waals surface area contributed by atoms with Gasteiger partial charge in [-0.15, -0.1) is 0 Å². The quantitative estimate of drug-likeness (QED) is 0.0165. The van der Waals surface area contributed by atoms with Gasteiger partial charge in [0.15, 0.2) is 6.29 Å². The normalized spacial score (nSPS) is 19.3. The molecule has 1 unspecified atom stereocenters. The van der Waals surface area contributed by atoms with E-state index in [0.29, 0.717) is 12.8 Å². The number of aliphatic hydroxyl groups is 2. The highest BCUT2D eigenvalue weighted by atomic mass is 16.5. The smallest absolute Gasteiger partial charge is 0.475 e. The largest absolute Gasteiger partial charge is 0.480 e. The van der Waals surface area contributed by atoms with E-state index < -0.39 is 141 Å². The van der Waals surface area contributed by atoms with Crippen molar-refractivity contribution in [3.05, 3.63) is 0 Å². The molecule has 0 saturated carbocycles. The minimum atomic E-state index is -1.77. The first-order valence-corrected chi connectivity index (χ1v) is 30.6. The van der Waals surface area contributed by atoms with E-state index in [9.17, 15) is 103 Å². The van der Waals surface area contributed by atoms with Crippen LogP contribution in [0.4, 0.5) is 0 Å². The number of hydrogen-bond acceptors (Lipinski definition) is 24. The van der Waals surface area contributed by atoms with E-state index in [1.807, 2.05) is 0 Å². The zero-order valence-electron chi connectivity index (χ0n) is 52.3. The van der Waals surface area contributed by atoms with Crippen molar-refractivity contribution in [1.29, 1.82) is 0 Å². The highest BCUT2D eigenvalue weighted by molar-refractivity contribution is 6.43. The number of nitrogens with one attached hydrogen (secondary N) is 6. The molecule has 3 aliphatic rings. The Labute approximate surface area is 528 Å². The Morgan fingerprint density at radius 1 is 0.440 bits per heavy atom. The zero-order chi connectivity index (χ0) is 67.7. The lowest BCUT2D eigenvalue weighted by molar-refractivity contribution is -0.140. The van der Waals surface area contributed by atoms with E-state index in [1.165, 1.54) is 11.8 Å². The lowest BCUT2D eigenvalue weighted by Crippen LogP contribution is -2.57. The molecule has 3 aliphatic heterocycles. The number of likely N-dealkylation sites (tertiary alicyclic amines) is 1. The maximum atomic E-state index is 14.0. The fraction of sp³-hybridized carbons (Fsp3) is 0.778. The Hall–Kier alpha value is -6.78. The summed E-state index contributed by atoms with van der Waals surface area (Å²) in [6, 6.07) is -3.57. The molecule has 0 radical (unpaired) electrons. The first kappa shape index (κ1) is 78.5. The third kappa shape index (κ3) is 32.9.